The Hall–Kier alpha value is -5.48. The van der Waals surface area contributed by atoms with Gasteiger partial charge >= 0.3 is 0 Å². The molecule has 6 heterocycles. The largest absolute Gasteiger partial charge is 0.369 e. The summed E-state index contributed by atoms with van der Waals surface area (Å²) in [6.07, 6.45) is 11.4. The highest BCUT2D eigenvalue weighted by atomic mass is 16.3. The van der Waals surface area contributed by atoms with Gasteiger partial charge in [-0.1, -0.05) is 36.4 Å². The maximum Gasteiger partial charge on any atom is 0.159 e. The zero-order valence-corrected chi connectivity index (χ0v) is 20.4. The standard InChI is InChI=1S/C29H21N9O/c39-29(17-5-2-1-3-6-17)34-21-9-19(12-31-14-21)20-10-22-26(37-38-27(22)33-13-20)28-35-24-16-32-15-23(25(24)36-28)18-7-4-8-30-11-18/h1-16,29,34,39H,(H,35,36)(H,33,37,38). The molecule has 1 atom stereocenters. The molecule has 0 bridgehead atoms. The van der Waals surface area contributed by atoms with E-state index in [1.165, 1.54) is 0 Å². The number of pyridine rings is 4. The zero-order valence-electron chi connectivity index (χ0n) is 20.4. The van der Waals surface area contributed by atoms with Gasteiger partial charge in [0.15, 0.2) is 17.7 Å². The molecule has 0 fully saturated rings. The van der Waals surface area contributed by atoms with Crippen LogP contribution in [-0.4, -0.2) is 45.2 Å². The molecule has 1 aromatic carbocycles. The number of aromatic nitrogens is 8. The van der Waals surface area contributed by atoms with Crippen molar-refractivity contribution in [2.75, 3.05) is 5.32 Å². The van der Waals surface area contributed by atoms with Gasteiger partial charge < -0.3 is 15.4 Å². The predicted molar refractivity (Wildman–Crippen MR) is 148 cm³/mol. The number of nitrogens with zero attached hydrogens (tertiary/aromatic N) is 6. The number of fused-ring (bicyclic) bond motifs is 2. The van der Waals surface area contributed by atoms with Crippen molar-refractivity contribution in [3.8, 4) is 33.8 Å². The van der Waals surface area contributed by atoms with Gasteiger partial charge in [0.1, 0.15) is 11.2 Å². The molecular formula is C29H21N9O. The number of hydrogen-bond donors (Lipinski definition) is 4. The second-order valence-electron chi connectivity index (χ2n) is 9.02. The van der Waals surface area contributed by atoms with Crippen LogP contribution in [0.4, 0.5) is 5.69 Å². The van der Waals surface area contributed by atoms with Crippen molar-refractivity contribution < 1.29 is 5.11 Å². The molecule has 0 aliphatic carbocycles. The Balaban J connectivity index is 1.25. The van der Waals surface area contributed by atoms with Crippen molar-refractivity contribution in [1.29, 1.82) is 0 Å². The number of nitrogens with one attached hydrogen (secondary N) is 3. The predicted octanol–water partition coefficient (Wildman–Crippen LogP) is 5.12. The fraction of sp³-hybridized carbons (Fsp3) is 0.0345. The van der Waals surface area contributed by atoms with Crippen molar-refractivity contribution in [1.82, 2.24) is 40.1 Å². The van der Waals surface area contributed by atoms with Crippen LogP contribution in [0.15, 0.2) is 98.0 Å². The molecule has 0 radical (unpaired) electrons. The minimum absolute atomic E-state index is 0.605. The third kappa shape index (κ3) is 4.24. The van der Waals surface area contributed by atoms with Crippen LogP contribution >= 0.6 is 0 Å². The van der Waals surface area contributed by atoms with Gasteiger partial charge in [-0.05, 0) is 18.2 Å². The molecule has 39 heavy (non-hydrogen) atoms. The van der Waals surface area contributed by atoms with Crippen molar-refractivity contribution in [2.45, 2.75) is 6.23 Å². The van der Waals surface area contributed by atoms with Crippen molar-refractivity contribution in [2.24, 2.45) is 0 Å². The van der Waals surface area contributed by atoms with Crippen LogP contribution in [0.25, 0.3) is 55.8 Å². The minimum Gasteiger partial charge on any atom is -0.369 e. The van der Waals surface area contributed by atoms with Gasteiger partial charge in [0.25, 0.3) is 0 Å². The Morgan fingerprint density at radius 2 is 1.64 bits per heavy atom. The van der Waals surface area contributed by atoms with E-state index in [2.05, 4.69) is 40.4 Å². The number of H-pyrrole nitrogens is 2. The molecule has 10 heteroatoms. The van der Waals surface area contributed by atoms with E-state index in [1.807, 2.05) is 54.6 Å². The second-order valence-corrected chi connectivity index (χ2v) is 9.02. The molecule has 188 valence electrons. The van der Waals surface area contributed by atoms with Crippen LogP contribution in [0.2, 0.25) is 0 Å². The first-order valence-corrected chi connectivity index (χ1v) is 12.3. The quantitative estimate of drug-likeness (QED) is 0.225. The van der Waals surface area contributed by atoms with E-state index >= 15 is 0 Å². The van der Waals surface area contributed by atoms with Gasteiger partial charge in [0, 0.05) is 58.8 Å². The molecule has 0 saturated carbocycles. The highest BCUT2D eigenvalue weighted by Crippen LogP contribution is 2.32. The summed E-state index contributed by atoms with van der Waals surface area (Å²) in [7, 11) is 0. The molecule has 0 aliphatic heterocycles. The molecule has 0 amide bonds. The lowest BCUT2D eigenvalue weighted by atomic mass is 10.1. The minimum atomic E-state index is -0.858. The molecule has 0 saturated heterocycles. The molecule has 0 spiro atoms. The highest BCUT2D eigenvalue weighted by molar-refractivity contribution is 5.96. The molecule has 7 rings (SSSR count). The number of imidazole rings is 1. The number of benzene rings is 1. The van der Waals surface area contributed by atoms with Crippen LogP contribution in [0.1, 0.15) is 11.8 Å². The Labute approximate surface area is 221 Å². The zero-order chi connectivity index (χ0) is 26.2. The Morgan fingerprint density at radius 3 is 2.51 bits per heavy atom. The third-order valence-corrected chi connectivity index (χ3v) is 6.50. The van der Waals surface area contributed by atoms with E-state index in [9.17, 15) is 5.11 Å². The fourth-order valence-electron chi connectivity index (χ4n) is 4.57. The molecular weight excluding hydrogens is 490 g/mol. The summed E-state index contributed by atoms with van der Waals surface area (Å²) in [6, 6.07) is 17.2. The third-order valence-electron chi connectivity index (χ3n) is 6.50. The van der Waals surface area contributed by atoms with E-state index in [-0.39, 0.29) is 0 Å². The maximum absolute atomic E-state index is 10.6. The number of hydrogen-bond acceptors (Lipinski definition) is 8. The monoisotopic (exact) mass is 511 g/mol. The lowest BCUT2D eigenvalue weighted by molar-refractivity contribution is 0.208. The molecule has 0 aliphatic rings. The summed E-state index contributed by atoms with van der Waals surface area (Å²) in [5.41, 5.74) is 7.83. The lowest BCUT2D eigenvalue weighted by Crippen LogP contribution is -2.09. The van der Waals surface area contributed by atoms with Gasteiger partial charge in [0.2, 0.25) is 0 Å². The molecule has 1 unspecified atom stereocenters. The van der Waals surface area contributed by atoms with Crippen molar-refractivity contribution >= 4 is 27.8 Å². The smallest absolute Gasteiger partial charge is 0.159 e. The van der Waals surface area contributed by atoms with Crippen LogP contribution in [0.5, 0.6) is 0 Å². The van der Waals surface area contributed by atoms with Gasteiger partial charge in [-0.25, -0.2) is 9.97 Å². The van der Waals surface area contributed by atoms with Gasteiger partial charge in [0.05, 0.1) is 29.0 Å². The van der Waals surface area contributed by atoms with Crippen LogP contribution in [0, 0.1) is 0 Å². The van der Waals surface area contributed by atoms with E-state index in [0.717, 1.165) is 44.2 Å². The average Bonchev–Trinajstić information content (AvgIpc) is 3.62. The van der Waals surface area contributed by atoms with Gasteiger partial charge in [-0.15, -0.1) is 0 Å². The first-order chi connectivity index (χ1) is 19.2. The SMILES string of the molecule is OC(Nc1cncc(-c2cnc3[nH]nc(-c4nc5c(-c6cccnc6)cncc5[nH]4)c3c2)c1)c1ccccc1. The van der Waals surface area contributed by atoms with Gasteiger partial charge in [-0.3, -0.25) is 20.1 Å². The molecule has 7 aromatic rings. The normalized spacial score (nSPS) is 12.1. The van der Waals surface area contributed by atoms with E-state index in [4.69, 9.17) is 4.98 Å². The van der Waals surface area contributed by atoms with Crippen molar-refractivity contribution in [3.63, 3.8) is 0 Å². The topological polar surface area (TPSA) is 141 Å². The Kier molecular flexibility index (Phi) is 5.49. The number of aromatic amines is 2. The summed E-state index contributed by atoms with van der Waals surface area (Å²) < 4.78 is 0. The number of rotatable bonds is 6. The summed E-state index contributed by atoms with van der Waals surface area (Å²) in [4.78, 5) is 25.8. The Bertz CT molecular complexity index is 1920. The number of anilines is 1. The highest BCUT2D eigenvalue weighted by Gasteiger charge is 2.17. The number of aliphatic hydroxyl groups is 1. The Morgan fingerprint density at radius 1 is 0.795 bits per heavy atom. The summed E-state index contributed by atoms with van der Waals surface area (Å²) in [5.74, 6) is 0.605. The summed E-state index contributed by atoms with van der Waals surface area (Å²) in [5, 5.41) is 22.0. The van der Waals surface area contributed by atoms with Gasteiger partial charge in [-0.2, -0.15) is 5.10 Å². The molecule has 6 aromatic heterocycles. The fourth-order valence-corrected chi connectivity index (χ4v) is 4.57. The van der Waals surface area contributed by atoms with E-state index in [1.54, 1.807) is 43.4 Å². The maximum atomic E-state index is 10.6. The van der Waals surface area contributed by atoms with Crippen LogP contribution in [-0.2, 0) is 0 Å². The molecule has 4 N–H and O–H groups in total. The lowest BCUT2D eigenvalue weighted by Gasteiger charge is -2.15. The summed E-state index contributed by atoms with van der Waals surface area (Å²) in [6.45, 7) is 0. The van der Waals surface area contributed by atoms with E-state index in [0.29, 0.717) is 22.9 Å². The second kappa shape index (κ2) is 9.43. The molecule has 10 nitrogen and oxygen atoms in total. The number of aliphatic hydroxyl groups excluding tert-OH is 1. The van der Waals surface area contributed by atoms with Crippen LogP contribution < -0.4 is 5.32 Å². The van der Waals surface area contributed by atoms with Crippen LogP contribution in [0.3, 0.4) is 0 Å². The van der Waals surface area contributed by atoms with Crippen molar-refractivity contribution in [3.05, 3.63) is 104 Å². The average molecular weight is 512 g/mol. The first kappa shape index (κ1) is 22.7. The van der Waals surface area contributed by atoms with E-state index < -0.39 is 6.23 Å². The first-order valence-electron chi connectivity index (χ1n) is 12.3. The summed E-state index contributed by atoms with van der Waals surface area (Å²) >= 11 is 0.